The van der Waals surface area contributed by atoms with Gasteiger partial charge in [-0.15, -0.1) is 0 Å². The first-order valence-electron chi connectivity index (χ1n) is 7.49. The number of carbonyl (C=O) groups is 1. The fourth-order valence-electron chi connectivity index (χ4n) is 1.96. The minimum absolute atomic E-state index is 0.107. The van der Waals surface area contributed by atoms with Gasteiger partial charge in [0.15, 0.2) is 5.82 Å². The van der Waals surface area contributed by atoms with E-state index in [1.165, 1.54) is 26.3 Å². The van der Waals surface area contributed by atoms with Gasteiger partial charge >= 0.3 is 0 Å². The number of sulfonamides is 1. The molecular formula is C15H18ClN5O4S. The molecule has 0 saturated carbocycles. The predicted octanol–water partition coefficient (Wildman–Crippen LogP) is 2.23. The number of aryl methyl sites for hydroxylation is 1. The van der Waals surface area contributed by atoms with Crippen LogP contribution in [0.1, 0.15) is 23.0 Å². The first-order valence-corrected chi connectivity index (χ1v) is 9.52. The van der Waals surface area contributed by atoms with Crippen LogP contribution in [0.2, 0.25) is 5.15 Å². The first kappa shape index (κ1) is 19.9. The number of rotatable bonds is 7. The van der Waals surface area contributed by atoms with Crippen molar-refractivity contribution < 1.29 is 18.0 Å². The number of nitrogens with one attached hydrogen (secondary N) is 3. The summed E-state index contributed by atoms with van der Waals surface area (Å²) >= 11 is 5.92. The maximum absolute atomic E-state index is 12.1. The second-order valence-corrected chi connectivity index (χ2v) is 7.57. The number of amides is 1. The Morgan fingerprint density at radius 3 is 2.69 bits per heavy atom. The molecule has 2 aromatic heterocycles. The number of nitrogens with zero attached hydrogens (tertiary/aromatic N) is 2. The van der Waals surface area contributed by atoms with Gasteiger partial charge < -0.3 is 5.32 Å². The van der Waals surface area contributed by atoms with Crippen molar-refractivity contribution in [2.24, 2.45) is 0 Å². The minimum Gasteiger partial charge on any atom is -0.352 e. The van der Waals surface area contributed by atoms with Crippen LogP contribution in [0.15, 0.2) is 24.4 Å². The summed E-state index contributed by atoms with van der Waals surface area (Å²) in [6.45, 7) is 3.25. The second-order valence-electron chi connectivity index (χ2n) is 5.17. The summed E-state index contributed by atoms with van der Waals surface area (Å²) in [7, 11) is -2.24. The molecule has 0 spiro atoms. The summed E-state index contributed by atoms with van der Waals surface area (Å²) in [6, 6.07) is 4.77. The number of pyridine rings is 2. The van der Waals surface area contributed by atoms with E-state index in [9.17, 15) is 13.2 Å². The molecule has 0 aliphatic rings. The van der Waals surface area contributed by atoms with Crippen molar-refractivity contribution in [3.63, 3.8) is 0 Å². The zero-order valence-electron chi connectivity index (χ0n) is 14.3. The Balaban J connectivity index is 2.46. The van der Waals surface area contributed by atoms with Crippen molar-refractivity contribution in [1.29, 1.82) is 0 Å². The van der Waals surface area contributed by atoms with Gasteiger partial charge in [-0.2, -0.15) is 0 Å². The van der Waals surface area contributed by atoms with Gasteiger partial charge in [-0.3, -0.25) is 14.4 Å². The van der Waals surface area contributed by atoms with Crippen LogP contribution in [0.3, 0.4) is 0 Å². The van der Waals surface area contributed by atoms with E-state index in [2.05, 4.69) is 30.3 Å². The number of halogens is 1. The molecular weight excluding hydrogens is 382 g/mol. The Morgan fingerprint density at radius 1 is 1.31 bits per heavy atom. The Kier molecular flexibility index (Phi) is 6.35. The molecule has 2 rings (SSSR count). The summed E-state index contributed by atoms with van der Waals surface area (Å²) in [6.07, 6.45) is 1.27. The molecule has 11 heteroatoms. The molecule has 3 N–H and O–H groups in total. The average Bonchev–Trinajstić information content (AvgIpc) is 2.57. The average molecular weight is 400 g/mol. The summed E-state index contributed by atoms with van der Waals surface area (Å²) in [5, 5.41) is 3.12. The smallest absolute Gasteiger partial charge is 0.278 e. The molecule has 2 heterocycles. The van der Waals surface area contributed by atoms with Crippen LogP contribution in [-0.2, 0) is 14.9 Å². The van der Waals surface area contributed by atoms with Crippen molar-refractivity contribution in [1.82, 2.24) is 15.4 Å². The van der Waals surface area contributed by atoms with Crippen LogP contribution >= 0.6 is 11.6 Å². The van der Waals surface area contributed by atoms with E-state index in [0.717, 1.165) is 0 Å². The fourth-order valence-corrected chi connectivity index (χ4v) is 2.71. The lowest BCUT2D eigenvalue weighted by Crippen LogP contribution is -2.23. The van der Waals surface area contributed by atoms with Crippen molar-refractivity contribution in [2.75, 3.05) is 22.9 Å². The molecule has 0 bridgehead atoms. The summed E-state index contributed by atoms with van der Waals surface area (Å²) < 4.78 is 26.2. The van der Waals surface area contributed by atoms with E-state index >= 15 is 0 Å². The van der Waals surface area contributed by atoms with E-state index in [0.29, 0.717) is 17.1 Å². The molecule has 0 saturated heterocycles. The standard InChI is InChI=1S/C15H18ClN5O4S/c1-4-26(23,24)21-14-11(6-5-9(2)18-14)19-12-7-13(16)17-8-10(12)15(22)20-25-3/h5-8H,4H2,1-3H3,(H,17,19)(H,18,21)(H,20,22). The zero-order valence-corrected chi connectivity index (χ0v) is 15.9. The second kappa shape index (κ2) is 8.30. The van der Waals surface area contributed by atoms with Gasteiger partial charge in [-0.05, 0) is 32.0 Å². The Bertz CT molecular complexity index is 920. The first-order chi connectivity index (χ1) is 12.3. The Hall–Kier alpha value is -2.43. The highest BCUT2D eigenvalue weighted by atomic mass is 35.5. The lowest BCUT2D eigenvalue weighted by atomic mass is 10.2. The van der Waals surface area contributed by atoms with E-state index < -0.39 is 15.9 Å². The molecule has 9 nitrogen and oxygen atoms in total. The van der Waals surface area contributed by atoms with Gasteiger partial charge in [0.1, 0.15) is 5.15 Å². The van der Waals surface area contributed by atoms with Crippen LogP contribution in [0, 0.1) is 6.92 Å². The number of hydroxylamine groups is 1. The van der Waals surface area contributed by atoms with Gasteiger partial charge in [-0.25, -0.2) is 23.9 Å². The molecule has 0 aliphatic heterocycles. The Morgan fingerprint density at radius 2 is 2.04 bits per heavy atom. The number of anilines is 3. The minimum atomic E-state index is -3.54. The van der Waals surface area contributed by atoms with Crippen molar-refractivity contribution in [3.05, 3.63) is 40.8 Å². The molecule has 0 aromatic carbocycles. The van der Waals surface area contributed by atoms with Crippen LogP contribution in [0.25, 0.3) is 0 Å². The highest BCUT2D eigenvalue weighted by molar-refractivity contribution is 7.92. The van der Waals surface area contributed by atoms with Crippen LogP contribution in [-0.4, -0.2) is 37.2 Å². The monoisotopic (exact) mass is 399 g/mol. The van der Waals surface area contributed by atoms with Gasteiger partial charge in [0.05, 0.1) is 29.8 Å². The maximum Gasteiger partial charge on any atom is 0.278 e. The molecule has 0 radical (unpaired) electrons. The van der Waals surface area contributed by atoms with Crippen LogP contribution in [0.4, 0.5) is 17.2 Å². The molecule has 26 heavy (non-hydrogen) atoms. The third kappa shape index (κ3) is 5.04. The molecule has 0 unspecified atom stereocenters. The van der Waals surface area contributed by atoms with Gasteiger partial charge in [0, 0.05) is 11.9 Å². The van der Waals surface area contributed by atoms with E-state index in [-0.39, 0.29) is 22.3 Å². The molecule has 0 fully saturated rings. The third-order valence-electron chi connectivity index (χ3n) is 3.25. The van der Waals surface area contributed by atoms with E-state index in [1.54, 1.807) is 19.1 Å². The predicted molar refractivity (Wildman–Crippen MR) is 99.1 cm³/mol. The normalized spacial score (nSPS) is 11.1. The highest BCUT2D eigenvalue weighted by Gasteiger charge is 2.17. The molecule has 1 amide bonds. The number of hydrogen-bond acceptors (Lipinski definition) is 7. The van der Waals surface area contributed by atoms with Gasteiger partial charge in [-0.1, -0.05) is 11.6 Å². The van der Waals surface area contributed by atoms with Crippen LogP contribution in [0.5, 0.6) is 0 Å². The topological polar surface area (TPSA) is 122 Å². The maximum atomic E-state index is 12.1. The van der Waals surface area contributed by atoms with Gasteiger partial charge in [0.2, 0.25) is 10.0 Å². The molecule has 0 atom stereocenters. The Labute approximate surface area is 156 Å². The summed E-state index contributed by atoms with van der Waals surface area (Å²) in [5.74, 6) is -0.544. The van der Waals surface area contributed by atoms with E-state index in [1.807, 2.05) is 0 Å². The third-order valence-corrected chi connectivity index (χ3v) is 4.72. The zero-order chi connectivity index (χ0) is 19.3. The lowest BCUT2D eigenvalue weighted by molar-refractivity contribution is 0.0538. The van der Waals surface area contributed by atoms with E-state index in [4.69, 9.17) is 11.6 Å². The lowest BCUT2D eigenvalue weighted by Gasteiger charge is -2.15. The van der Waals surface area contributed by atoms with Crippen molar-refractivity contribution in [2.45, 2.75) is 13.8 Å². The number of aromatic nitrogens is 2. The van der Waals surface area contributed by atoms with Crippen LogP contribution < -0.4 is 15.5 Å². The van der Waals surface area contributed by atoms with Crippen molar-refractivity contribution >= 4 is 44.7 Å². The molecule has 2 aromatic rings. The van der Waals surface area contributed by atoms with Crippen molar-refractivity contribution in [3.8, 4) is 0 Å². The number of carbonyl (C=O) groups excluding carboxylic acids is 1. The highest BCUT2D eigenvalue weighted by Crippen LogP contribution is 2.28. The quantitative estimate of drug-likeness (QED) is 0.482. The SMILES string of the molecule is CCS(=O)(=O)Nc1nc(C)ccc1Nc1cc(Cl)ncc1C(=O)NOC. The van der Waals surface area contributed by atoms with Gasteiger partial charge in [0.25, 0.3) is 5.91 Å². The fraction of sp³-hybridized carbons (Fsp3) is 0.267. The molecule has 0 aliphatic carbocycles. The summed E-state index contributed by atoms with van der Waals surface area (Å²) in [4.78, 5) is 24.8. The summed E-state index contributed by atoms with van der Waals surface area (Å²) in [5.41, 5.74) is 3.62. The largest absolute Gasteiger partial charge is 0.352 e. The molecule has 140 valence electrons. The number of hydrogen-bond donors (Lipinski definition) is 3.